The fourth-order valence-corrected chi connectivity index (χ4v) is 2.23. The van der Waals surface area contributed by atoms with Gasteiger partial charge in [0.2, 0.25) is 0 Å². The maximum absolute atomic E-state index is 11.6. The van der Waals surface area contributed by atoms with Gasteiger partial charge in [-0.2, -0.15) is 0 Å². The number of pyridine rings is 1. The highest BCUT2D eigenvalue weighted by Gasteiger charge is 2.14. The number of nitrogens with zero attached hydrogens (tertiary/aromatic N) is 1. The first-order chi connectivity index (χ1) is 9.43. The van der Waals surface area contributed by atoms with Gasteiger partial charge in [-0.05, 0) is 23.8 Å². The Balaban J connectivity index is 2.56. The molecule has 0 aliphatic rings. The maximum atomic E-state index is 11.6. The van der Waals surface area contributed by atoms with E-state index in [0.717, 1.165) is 0 Å². The Labute approximate surface area is 130 Å². The number of ether oxygens (including phenoxy) is 1. The van der Waals surface area contributed by atoms with Crippen molar-refractivity contribution in [3.05, 3.63) is 45.0 Å². The highest BCUT2D eigenvalue weighted by atomic mass is 35.5. The molecule has 0 amide bonds. The Kier molecular flexibility index (Phi) is 4.38. The third-order valence-electron chi connectivity index (χ3n) is 2.64. The van der Waals surface area contributed by atoms with Crippen molar-refractivity contribution in [2.24, 2.45) is 0 Å². The molecule has 0 aliphatic carbocycles. The second-order valence-electron chi connectivity index (χ2n) is 3.90. The Morgan fingerprint density at radius 3 is 2.30 bits per heavy atom. The normalized spacial score (nSPS) is 10.4. The summed E-state index contributed by atoms with van der Waals surface area (Å²) in [5.74, 6) is -0.477. The number of hydrogen-bond acceptors (Lipinski definition) is 4. The first-order valence-electron chi connectivity index (χ1n) is 5.42. The molecule has 1 aromatic carbocycles. The smallest absolute Gasteiger partial charge is 0.341 e. The molecule has 0 fully saturated rings. The lowest BCUT2D eigenvalue weighted by atomic mass is 10.1. The molecule has 2 rings (SSSR count). The van der Waals surface area contributed by atoms with Gasteiger partial charge in [0.25, 0.3) is 0 Å². The number of nitrogens with two attached hydrogens (primary N) is 1. The third-order valence-corrected chi connectivity index (χ3v) is 3.84. The quantitative estimate of drug-likeness (QED) is 0.665. The van der Waals surface area contributed by atoms with Crippen molar-refractivity contribution >= 4 is 46.6 Å². The van der Waals surface area contributed by atoms with E-state index >= 15 is 0 Å². The van der Waals surface area contributed by atoms with Crippen LogP contribution in [-0.2, 0) is 4.74 Å². The van der Waals surface area contributed by atoms with Crippen molar-refractivity contribution in [3.8, 4) is 11.1 Å². The molecule has 7 heteroatoms. The van der Waals surface area contributed by atoms with E-state index in [1.807, 2.05) is 0 Å². The van der Waals surface area contributed by atoms with Crippen LogP contribution >= 0.6 is 34.8 Å². The van der Waals surface area contributed by atoms with Gasteiger partial charge in [0.05, 0.1) is 22.2 Å². The van der Waals surface area contributed by atoms with Crippen LogP contribution in [0.1, 0.15) is 10.4 Å². The molecule has 104 valence electrons. The molecule has 0 radical (unpaired) electrons. The second-order valence-corrected chi connectivity index (χ2v) is 5.09. The minimum Gasteiger partial charge on any atom is -0.465 e. The van der Waals surface area contributed by atoms with Gasteiger partial charge in [-0.3, -0.25) is 0 Å². The second kappa shape index (κ2) is 5.87. The molecule has 0 saturated heterocycles. The molecular weight excluding hydrogens is 323 g/mol. The van der Waals surface area contributed by atoms with Gasteiger partial charge in [0.1, 0.15) is 11.4 Å². The number of benzene rings is 1. The predicted molar refractivity (Wildman–Crippen MR) is 80.5 cm³/mol. The van der Waals surface area contributed by atoms with Crippen molar-refractivity contribution < 1.29 is 9.53 Å². The molecule has 20 heavy (non-hydrogen) atoms. The molecular formula is C13H9Cl3N2O2. The molecule has 0 aliphatic heterocycles. The first kappa shape index (κ1) is 14.9. The number of methoxy groups -OCH3 is 1. The number of halogens is 3. The molecule has 0 atom stereocenters. The summed E-state index contributed by atoms with van der Waals surface area (Å²) < 4.78 is 4.64. The number of hydrogen-bond donors (Lipinski definition) is 1. The largest absolute Gasteiger partial charge is 0.465 e. The summed E-state index contributed by atoms with van der Waals surface area (Å²) in [4.78, 5) is 15.6. The van der Waals surface area contributed by atoms with Gasteiger partial charge in [-0.25, -0.2) is 9.78 Å². The Hall–Kier alpha value is -1.49. The summed E-state index contributed by atoms with van der Waals surface area (Å²) in [7, 11) is 1.27. The van der Waals surface area contributed by atoms with Gasteiger partial charge in [-0.1, -0.05) is 34.8 Å². The van der Waals surface area contributed by atoms with Gasteiger partial charge < -0.3 is 10.5 Å². The SMILES string of the molecule is COC(=O)c1cc(-c2cc(Cl)c(Cl)c(Cl)c2)cnc1N. The Morgan fingerprint density at radius 1 is 1.15 bits per heavy atom. The van der Waals surface area contributed by atoms with Crippen molar-refractivity contribution in [2.45, 2.75) is 0 Å². The minimum absolute atomic E-state index is 0.0896. The van der Waals surface area contributed by atoms with E-state index in [1.165, 1.54) is 13.3 Å². The number of rotatable bonds is 2. The Bertz CT molecular complexity index is 666. The monoisotopic (exact) mass is 330 g/mol. The Morgan fingerprint density at radius 2 is 1.75 bits per heavy atom. The van der Waals surface area contributed by atoms with Crippen LogP contribution in [0.15, 0.2) is 24.4 Å². The van der Waals surface area contributed by atoms with E-state index in [0.29, 0.717) is 21.2 Å². The number of nitrogen functional groups attached to an aromatic ring is 1. The van der Waals surface area contributed by atoms with Crippen molar-refractivity contribution in [2.75, 3.05) is 12.8 Å². The van der Waals surface area contributed by atoms with Crippen LogP contribution in [0.3, 0.4) is 0 Å². The van der Waals surface area contributed by atoms with Crippen LogP contribution in [0.5, 0.6) is 0 Å². The third kappa shape index (κ3) is 2.82. The van der Waals surface area contributed by atoms with Crippen molar-refractivity contribution in [1.29, 1.82) is 0 Å². The fraction of sp³-hybridized carbons (Fsp3) is 0.0769. The van der Waals surface area contributed by atoms with Crippen LogP contribution in [0, 0.1) is 0 Å². The molecule has 1 heterocycles. The molecule has 0 bridgehead atoms. The van der Waals surface area contributed by atoms with Gasteiger partial charge >= 0.3 is 5.97 Å². The van der Waals surface area contributed by atoms with Crippen LogP contribution in [-0.4, -0.2) is 18.1 Å². The van der Waals surface area contributed by atoms with Crippen LogP contribution in [0.2, 0.25) is 15.1 Å². The van der Waals surface area contributed by atoms with E-state index in [2.05, 4.69) is 9.72 Å². The molecule has 1 aromatic heterocycles. The summed E-state index contributed by atoms with van der Waals surface area (Å²) in [6.45, 7) is 0. The summed E-state index contributed by atoms with van der Waals surface area (Å²) in [6.07, 6.45) is 1.51. The van der Waals surface area contributed by atoms with Crippen LogP contribution < -0.4 is 5.73 Å². The van der Waals surface area contributed by atoms with E-state index < -0.39 is 5.97 Å². The first-order valence-corrected chi connectivity index (χ1v) is 6.56. The lowest BCUT2D eigenvalue weighted by Crippen LogP contribution is -2.07. The molecule has 0 saturated carbocycles. The average Bonchev–Trinajstić information content (AvgIpc) is 2.44. The minimum atomic E-state index is -0.567. The zero-order valence-corrected chi connectivity index (χ0v) is 12.6. The molecule has 4 nitrogen and oxygen atoms in total. The van der Waals surface area contributed by atoms with E-state index in [4.69, 9.17) is 40.5 Å². The van der Waals surface area contributed by atoms with Crippen LogP contribution in [0.4, 0.5) is 5.82 Å². The van der Waals surface area contributed by atoms with Gasteiger partial charge in [0.15, 0.2) is 0 Å². The number of carbonyl (C=O) groups is 1. The van der Waals surface area contributed by atoms with E-state index in [9.17, 15) is 4.79 Å². The highest BCUT2D eigenvalue weighted by molar-refractivity contribution is 6.48. The summed E-state index contributed by atoms with van der Waals surface area (Å²) in [6, 6.07) is 4.82. The number of carbonyl (C=O) groups excluding carboxylic acids is 1. The van der Waals surface area contributed by atoms with E-state index in [-0.39, 0.29) is 16.4 Å². The summed E-state index contributed by atoms with van der Waals surface area (Å²) >= 11 is 17.8. The number of aromatic nitrogens is 1. The van der Waals surface area contributed by atoms with Gasteiger partial charge in [0, 0.05) is 11.8 Å². The van der Waals surface area contributed by atoms with Crippen molar-refractivity contribution in [3.63, 3.8) is 0 Å². The fourth-order valence-electron chi connectivity index (χ4n) is 1.63. The highest BCUT2D eigenvalue weighted by Crippen LogP contribution is 2.35. The summed E-state index contributed by atoms with van der Waals surface area (Å²) in [5.41, 5.74) is 7.11. The molecule has 2 aromatic rings. The molecule has 0 unspecified atom stereocenters. The predicted octanol–water partition coefficient (Wildman–Crippen LogP) is 4.08. The zero-order chi connectivity index (χ0) is 14.9. The van der Waals surface area contributed by atoms with Crippen LogP contribution in [0.25, 0.3) is 11.1 Å². The molecule has 2 N–H and O–H groups in total. The standard InChI is InChI=1S/C13H9Cl3N2O2/c1-20-13(19)8-2-7(5-18-12(8)17)6-3-9(14)11(16)10(15)4-6/h2-5H,1H3,(H2,17,18). The molecule has 0 spiro atoms. The lowest BCUT2D eigenvalue weighted by molar-refractivity contribution is 0.0601. The van der Waals surface area contributed by atoms with E-state index in [1.54, 1.807) is 18.2 Å². The maximum Gasteiger partial charge on any atom is 0.341 e. The number of anilines is 1. The number of esters is 1. The van der Waals surface area contributed by atoms with Crippen molar-refractivity contribution in [1.82, 2.24) is 4.98 Å². The summed E-state index contributed by atoms with van der Waals surface area (Å²) in [5, 5.41) is 0.893. The lowest BCUT2D eigenvalue weighted by Gasteiger charge is -2.08. The van der Waals surface area contributed by atoms with Gasteiger partial charge in [-0.15, -0.1) is 0 Å². The topological polar surface area (TPSA) is 65.2 Å². The average molecular weight is 332 g/mol. The zero-order valence-electron chi connectivity index (χ0n) is 10.3.